The van der Waals surface area contributed by atoms with Crippen molar-refractivity contribution in [2.24, 2.45) is 0 Å². The Kier molecular flexibility index (Phi) is 5.90. The molecular formula is C16H17BrN2O2. The molecule has 0 radical (unpaired) electrons. The van der Waals surface area contributed by atoms with Crippen LogP contribution in [0.4, 0.5) is 0 Å². The number of hydrogen-bond acceptors (Lipinski definition) is 3. The second-order valence-electron chi connectivity index (χ2n) is 4.62. The third-order valence-corrected chi connectivity index (χ3v) is 3.58. The van der Waals surface area contributed by atoms with Gasteiger partial charge in [-0.15, -0.1) is 0 Å². The Bertz CT molecular complexity index is 590. The number of nitrogens with zero attached hydrogens (tertiary/aromatic N) is 2. The van der Waals surface area contributed by atoms with Crippen molar-refractivity contribution in [3.63, 3.8) is 0 Å². The molecule has 21 heavy (non-hydrogen) atoms. The Labute approximate surface area is 132 Å². The number of halogens is 1. The maximum absolute atomic E-state index is 12.5. The number of rotatable bonds is 6. The van der Waals surface area contributed by atoms with Gasteiger partial charge in [-0.05, 0) is 40.0 Å². The Morgan fingerprint density at radius 3 is 2.62 bits per heavy atom. The third kappa shape index (κ3) is 4.65. The molecule has 0 saturated carbocycles. The largest absolute Gasteiger partial charge is 0.395 e. The zero-order chi connectivity index (χ0) is 15.1. The van der Waals surface area contributed by atoms with Crippen molar-refractivity contribution < 1.29 is 9.90 Å². The highest BCUT2D eigenvalue weighted by molar-refractivity contribution is 9.10. The standard InChI is InChI=1S/C16H17BrN2O2/c17-15-12-14(6-8-18-15)16(21)19(10-11-20)9-7-13-4-2-1-3-5-13/h1-6,8,12,20H,7,9-11H2. The van der Waals surface area contributed by atoms with Crippen molar-refractivity contribution >= 4 is 21.8 Å². The summed E-state index contributed by atoms with van der Waals surface area (Å²) in [6.45, 7) is 0.849. The molecule has 0 fully saturated rings. The molecule has 0 unspecified atom stereocenters. The molecule has 1 amide bonds. The molecule has 1 heterocycles. The van der Waals surface area contributed by atoms with E-state index < -0.39 is 0 Å². The van der Waals surface area contributed by atoms with Gasteiger partial charge in [-0.2, -0.15) is 0 Å². The first-order valence-electron chi connectivity index (χ1n) is 6.76. The highest BCUT2D eigenvalue weighted by Gasteiger charge is 2.15. The van der Waals surface area contributed by atoms with Crippen molar-refractivity contribution in [1.29, 1.82) is 0 Å². The molecule has 0 bridgehead atoms. The second-order valence-corrected chi connectivity index (χ2v) is 5.43. The number of aromatic nitrogens is 1. The van der Waals surface area contributed by atoms with Gasteiger partial charge in [-0.1, -0.05) is 30.3 Å². The van der Waals surface area contributed by atoms with Crippen LogP contribution in [0.15, 0.2) is 53.3 Å². The van der Waals surface area contributed by atoms with Crippen LogP contribution in [0.5, 0.6) is 0 Å². The SMILES string of the molecule is O=C(c1ccnc(Br)c1)N(CCO)CCc1ccccc1. The van der Waals surface area contributed by atoms with Gasteiger partial charge in [0, 0.05) is 24.8 Å². The smallest absolute Gasteiger partial charge is 0.254 e. The second kappa shape index (κ2) is 7.90. The van der Waals surface area contributed by atoms with Crippen molar-refractivity contribution in [1.82, 2.24) is 9.88 Å². The van der Waals surface area contributed by atoms with Crippen LogP contribution in [0.2, 0.25) is 0 Å². The van der Waals surface area contributed by atoms with Gasteiger partial charge in [-0.25, -0.2) is 4.98 Å². The number of carbonyl (C=O) groups excluding carboxylic acids is 1. The number of carbonyl (C=O) groups is 1. The molecule has 110 valence electrons. The van der Waals surface area contributed by atoms with Gasteiger partial charge >= 0.3 is 0 Å². The molecule has 0 aliphatic heterocycles. The summed E-state index contributed by atoms with van der Waals surface area (Å²) in [5.41, 5.74) is 1.74. The average Bonchev–Trinajstić information content (AvgIpc) is 2.52. The fourth-order valence-corrected chi connectivity index (χ4v) is 2.43. The van der Waals surface area contributed by atoms with Gasteiger partial charge in [0.15, 0.2) is 0 Å². The molecule has 1 aromatic carbocycles. The predicted octanol–water partition coefficient (Wildman–Crippen LogP) is 2.52. The number of aliphatic hydroxyl groups excluding tert-OH is 1. The molecule has 2 aromatic rings. The maximum Gasteiger partial charge on any atom is 0.254 e. The normalized spacial score (nSPS) is 10.4. The first-order chi connectivity index (χ1) is 10.2. The fraction of sp³-hybridized carbons (Fsp3) is 0.250. The monoisotopic (exact) mass is 348 g/mol. The minimum absolute atomic E-state index is 0.0488. The zero-order valence-corrected chi connectivity index (χ0v) is 13.2. The molecule has 0 saturated heterocycles. The van der Waals surface area contributed by atoms with Crippen LogP contribution in [-0.2, 0) is 6.42 Å². The number of pyridine rings is 1. The van der Waals surface area contributed by atoms with Crippen LogP contribution in [0.3, 0.4) is 0 Å². The Morgan fingerprint density at radius 1 is 1.19 bits per heavy atom. The van der Waals surface area contributed by atoms with Crippen LogP contribution in [0.25, 0.3) is 0 Å². The van der Waals surface area contributed by atoms with Crippen LogP contribution in [0.1, 0.15) is 15.9 Å². The summed E-state index contributed by atoms with van der Waals surface area (Å²) in [5.74, 6) is -0.0944. The van der Waals surface area contributed by atoms with Crippen LogP contribution in [-0.4, -0.2) is 40.6 Å². The highest BCUT2D eigenvalue weighted by atomic mass is 79.9. The maximum atomic E-state index is 12.5. The Hall–Kier alpha value is -1.72. The summed E-state index contributed by atoms with van der Waals surface area (Å²) in [5, 5.41) is 9.17. The van der Waals surface area contributed by atoms with Gasteiger partial charge in [0.2, 0.25) is 0 Å². The van der Waals surface area contributed by atoms with Crippen LogP contribution in [0, 0.1) is 0 Å². The summed E-state index contributed by atoms with van der Waals surface area (Å²) in [6, 6.07) is 13.4. The van der Waals surface area contributed by atoms with Crippen LogP contribution >= 0.6 is 15.9 Å². The molecule has 0 aliphatic carbocycles. The fourth-order valence-electron chi connectivity index (χ4n) is 2.06. The van der Waals surface area contributed by atoms with E-state index >= 15 is 0 Å². The van der Waals surface area contributed by atoms with Crippen molar-refractivity contribution in [2.75, 3.05) is 19.7 Å². The summed E-state index contributed by atoms with van der Waals surface area (Å²) in [7, 11) is 0. The van der Waals surface area contributed by atoms with Crippen molar-refractivity contribution in [3.8, 4) is 0 Å². The topological polar surface area (TPSA) is 53.4 Å². The minimum atomic E-state index is -0.0944. The van der Waals surface area contributed by atoms with Crippen LogP contribution < -0.4 is 0 Å². The molecule has 0 aliphatic rings. The van der Waals surface area contributed by atoms with E-state index in [2.05, 4.69) is 20.9 Å². The third-order valence-electron chi connectivity index (χ3n) is 3.14. The average molecular weight is 349 g/mol. The van der Waals surface area contributed by atoms with E-state index in [1.807, 2.05) is 30.3 Å². The van der Waals surface area contributed by atoms with E-state index in [1.54, 1.807) is 23.2 Å². The first-order valence-corrected chi connectivity index (χ1v) is 7.55. The Morgan fingerprint density at radius 2 is 1.95 bits per heavy atom. The van der Waals surface area contributed by atoms with Gasteiger partial charge in [0.1, 0.15) is 4.60 Å². The molecule has 2 rings (SSSR count). The summed E-state index contributed by atoms with van der Waals surface area (Å²) in [6.07, 6.45) is 2.35. The van der Waals surface area contributed by atoms with Gasteiger partial charge in [0.25, 0.3) is 5.91 Å². The molecule has 0 atom stereocenters. The molecular weight excluding hydrogens is 332 g/mol. The Balaban J connectivity index is 2.06. The lowest BCUT2D eigenvalue weighted by atomic mass is 10.1. The van der Waals surface area contributed by atoms with Crippen molar-refractivity contribution in [2.45, 2.75) is 6.42 Å². The number of aliphatic hydroxyl groups is 1. The quantitative estimate of drug-likeness (QED) is 0.816. The van der Waals surface area contributed by atoms with E-state index in [1.165, 1.54) is 5.56 Å². The zero-order valence-electron chi connectivity index (χ0n) is 11.6. The minimum Gasteiger partial charge on any atom is -0.395 e. The summed E-state index contributed by atoms with van der Waals surface area (Å²) >= 11 is 3.26. The number of benzene rings is 1. The van der Waals surface area contributed by atoms with E-state index in [0.717, 1.165) is 6.42 Å². The van der Waals surface area contributed by atoms with Gasteiger partial charge < -0.3 is 10.0 Å². The first kappa shape index (κ1) is 15.7. The molecule has 4 nitrogen and oxygen atoms in total. The number of hydrogen-bond donors (Lipinski definition) is 1. The van der Waals surface area contributed by atoms with Gasteiger partial charge in [0.05, 0.1) is 6.61 Å². The highest BCUT2D eigenvalue weighted by Crippen LogP contribution is 2.11. The lowest BCUT2D eigenvalue weighted by molar-refractivity contribution is 0.0724. The van der Waals surface area contributed by atoms with E-state index in [0.29, 0.717) is 23.3 Å². The van der Waals surface area contributed by atoms with E-state index in [9.17, 15) is 4.79 Å². The predicted molar refractivity (Wildman–Crippen MR) is 85.1 cm³/mol. The molecule has 5 heteroatoms. The van der Waals surface area contributed by atoms with Crippen molar-refractivity contribution in [3.05, 3.63) is 64.4 Å². The van der Waals surface area contributed by atoms with E-state index in [4.69, 9.17) is 5.11 Å². The lowest BCUT2D eigenvalue weighted by Gasteiger charge is -2.22. The van der Waals surface area contributed by atoms with E-state index in [-0.39, 0.29) is 12.5 Å². The molecule has 1 N–H and O–H groups in total. The summed E-state index contributed by atoms with van der Waals surface area (Å²) < 4.78 is 0.625. The van der Waals surface area contributed by atoms with Gasteiger partial charge in [-0.3, -0.25) is 4.79 Å². The number of amides is 1. The summed E-state index contributed by atoms with van der Waals surface area (Å²) in [4.78, 5) is 18.2. The molecule has 1 aromatic heterocycles. The molecule has 0 spiro atoms. The lowest BCUT2D eigenvalue weighted by Crippen LogP contribution is -2.35.